The summed E-state index contributed by atoms with van der Waals surface area (Å²) in [5.74, 6) is 0.579. The average Bonchev–Trinajstić information content (AvgIpc) is 2.55. The number of carbonyl (C=O) groups is 1. The molecule has 0 spiro atoms. The molecule has 0 heterocycles. The van der Waals surface area contributed by atoms with Gasteiger partial charge in [-0.15, -0.1) is 0 Å². The van der Waals surface area contributed by atoms with Crippen LogP contribution in [0.1, 0.15) is 111 Å². The van der Waals surface area contributed by atoms with Crippen LogP contribution < -0.4 is 0 Å². The number of ether oxygens (including phenoxy) is 1. The number of unbranched alkanes of at least 4 members (excludes halogenated alkanes) is 4. The highest BCUT2D eigenvalue weighted by molar-refractivity contribution is 5.77. The summed E-state index contributed by atoms with van der Waals surface area (Å²) in [6.07, 6.45) is 15.4. The first-order chi connectivity index (χ1) is 11.1. The van der Waals surface area contributed by atoms with Crippen molar-refractivity contribution in [3.8, 4) is 0 Å². The van der Waals surface area contributed by atoms with Gasteiger partial charge >= 0.3 is 5.97 Å². The van der Waals surface area contributed by atoms with Gasteiger partial charge in [0.25, 0.3) is 0 Å². The van der Waals surface area contributed by atoms with Gasteiger partial charge in [0.2, 0.25) is 0 Å². The molecule has 2 unspecified atom stereocenters. The van der Waals surface area contributed by atoms with Crippen LogP contribution in [0.2, 0.25) is 0 Å². The number of hydrogen-bond acceptors (Lipinski definition) is 2. The summed E-state index contributed by atoms with van der Waals surface area (Å²) in [6, 6.07) is 0. The Balaban J connectivity index is 2.62. The van der Waals surface area contributed by atoms with E-state index < -0.39 is 0 Å². The molecule has 1 rings (SSSR count). The Labute approximate surface area is 144 Å². The molecule has 0 N–H and O–H groups in total. The molecule has 0 saturated heterocycles. The summed E-state index contributed by atoms with van der Waals surface area (Å²) >= 11 is 0. The van der Waals surface area contributed by atoms with Crippen molar-refractivity contribution in [3.05, 3.63) is 0 Å². The highest BCUT2D eigenvalue weighted by Crippen LogP contribution is 2.45. The minimum absolute atomic E-state index is 0.0793. The van der Waals surface area contributed by atoms with E-state index in [1.165, 1.54) is 64.2 Å². The van der Waals surface area contributed by atoms with Gasteiger partial charge in [-0.1, -0.05) is 72.1 Å². The number of carbonyl (C=O) groups excluding carboxylic acids is 1. The second kappa shape index (κ2) is 11.1. The van der Waals surface area contributed by atoms with Crippen molar-refractivity contribution in [2.24, 2.45) is 11.3 Å². The van der Waals surface area contributed by atoms with E-state index in [4.69, 9.17) is 4.74 Å². The Hall–Kier alpha value is -0.530. The number of rotatable bonds is 11. The van der Waals surface area contributed by atoms with Crippen LogP contribution in [0.15, 0.2) is 0 Å². The van der Waals surface area contributed by atoms with Crippen LogP contribution in [0.5, 0.6) is 0 Å². The summed E-state index contributed by atoms with van der Waals surface area (Å²) in [6.45, 7) is 8.83. The second-order valence-corrected chi connectivity index (χ2v) is 7.83. The second-order valence-electron chi connectivity index (χ2n) is 7.83. The normalized spacial score (nSPS) is 20.0. The Morgan fingerprint density at radius 2 is 1.48 bits per heavy atom. The highest BCUT2D eigenvalue weighted by atomic mass is 16.5. The largest absolute Gasteiger partial charge is 0.462 e. The van der Waals surface area contributed by atoms with Crippen molar-refractivity contribution in [1.29, 1.82) is 0 Å². The molecule has 2 nitrogen and oxygen atoms in total. The van der Waals surface area contributed by atoms with Crippen LogP contribution in [-0.4, -0.2) is 12.1 Å². The number of hydrogen-bond donors (Lipinski definition) is 0. The van der Waals surface area contributed by atoms with Crippen molar-refractivity contribution in [3.63, 3.8) is 0 Å². The molecule has 2 atom stereocenters. The van der Waals surface area contributed by atoms with E-state index in [0.29, 0.717) is 5.92 Å². The highest BCUT2D eigenvalue weighted by Gasteiger charge is 2.45. The first kappa shape index (κ1) is 20.5. The fourth-order valence-electron chi connectivity index (χ4n) is 4.10. The van der Waals surface area contributed by atoms with Gasteiger partial charge in [0.1, 0.15) is 0 Å². The Kier molecular flexibility index (Phi) is 9.90. The zero-order valence-electron chi connectivity index (χ0n) is 16.2. The van der Waals surface area contributed by atoms with Gasteiger partial charge in [-0.2, -0.15) is 0 Å². The first-order valence-corrected chi connectivity index (χ1v) is 10.3. The fraction of sp³-hybridized carbons (Fsp3) is 0.952. The molecule has 1 saturated carbocycles. The summed E-state index contributed by atoms with van der Waals surface area (Å²) in [7, 11) is 0. The average molecular weight is 325 g/mol. The van der Waals surface area contributed by atoms with Gasteiger partial charge in [0.05, 0.1) is 11.5 Å². The summed E-state index contributed by atoms with van der Waals surface area (Å²) < 4.78 is 5.93. The standard InChI is InChI=1S/C21H40O2/c1-5-7-10-14-18(3)21(16-12-9-13-17-21)20(22)23-19(4)15-11-8-6-2/h18-19H,5-17H2,1-4H3. The van der Waals surface area contributed by atoms with Gasteiger partial charge in [0.15, 0.2) is 0 Å². The lowest BCUT2D eigenvalue weighted by molar-refractivity contribution is -0.167. The van der Waals surface area contributed by atoms with Crippen LogP contribution in [0.25, 0.3) is 0 Å². The Morgan fingerprint density at radius 1 is 0.913 bits per heavy atom. The van der Waals surface area contributed by atoms with Crippen LogP contribution in [-0.2, 0) is 9.53 Å². The zero-order chi connectivity index (χ0) is 17.1. The van der Waals surface area contributed by atoms with Gasteiger partial charge in [-0.05, 0) is 44.9 Å². The monoisotopic (exact) mass is 324 g/mol. The summed E-state index contributed by atoms with van der Waals surface area (Å²) in [5.41, 5.74) is -0.189. The van der Waals surface area contributed by atoms with Crippen molar-refractivity contribution in [2.45, 2.75) is 117 Å². The van der Waals surface area contributed by atoms with E-state index in [2.05, 4.69) is 27.7 Å². The van der Waals surface area contributed by atoms with Crippen molar-refractivity contribution in [1.82, 2.24) is 0 Å². The molecular formula is C21H40O2. The van der Waals surface area contributed by atoms with E-state index >= 15 is 0 Å². The zero-order valence-corrected chi connectivity index (χ0v) is 16.2. The van der Waals surface area contributed by atoms with E-state index in [1.54, 1.807) is 0 Å². The van der Waals surface area contributed by atoms with Crippen LogP contribution in [0.4, 0.5) is 0 Å². The minimum Gasteiger partial charge on any atom is -0.462 e. The molecule has 23 heavy (non-hydrogen) atoms. The molecule has 0 aromatic carbocycles. The molecular weight excluding hydrogens is 284 g/mol. The molecule has 2 heteroatoms. The van der Waals surface area contributed by atoms with Gasteiger partial charge in [-0.3, -0.25) is 4.79 Å². The molecule has 1 aliphatic rings. The van der Waals surface area contributed by atoms with E-state index in [-0.39, 0.29) is 17.5 Å². The summed E-state index contributed by atoms with van der Waals surface area (Å²) in [5, 5.41) is 0. The minimum atomic E-state index is -0.189. The molecule has 0 aromatic heterocycles. The third kappa shape index (κ3) is 6.47. The van der Waals surface area contributed by atoms with Crippen LogP contribution >= 0.6 is 0 Å². The molecule has 136 valence electrons. The topological polar surface area (TPSA) is 26.3 Å². The van der Waals surface area contributed by atoms with Crippen molar-refractivity contribution in [2.75, 3.05) is 0 Å². The third-order valence-corrected chi connectivity index (χ3v) is 5.86. The van der Waals surface area contributed by atoms with E-state index in [1.807, 2.05) is 0 Å². The maximum Gasteiger partial charge on any atom is 0.312 e. The molecule has 1 aliphatic carbocycles. The smallest absolute Gasteiger partial charge is 0.312 e. The lowest BCUT2D eigenvalue weighted by Crippen LogP contribution is -2.42. The van der Waals surface area contributed by atoms with Crippen LogP contribution in [0.3, 0.4) is 0 Å². The first-order valence-electron chi connectivity index (χ1n) is 10.3. The van der Waals surface area contributed by atoms with Gasteiger partial charge in [0, 0.05) is 0 Å². The maximum atomic E-state index is 13.0. The van der Waals surface area contributed by atoms with E-state index in [0.717, 1.165) is 19.3 Å². The van der Waals surface area contributed by atoms with Crippen LogP contribution in [0, 0.1) is 11.3 Å². The quantitative estimate of drug-likeness (QED) is 0.313. The molecule has 1 fully saturated rings. The third-order valence-electron chi connectivity index (χ3n) is 5.86. The van der Waals surface area contributed by atoms with Crippen molar-refractivity contribution >= 4 is 5.97 Å². The Bertz CT molecular complexity index is 318. The van der Waals surface area contributed by atoms with Gasteiger partial charge in [-0.25, -0.2) is 0 Å². The molecule has 0 aliphatic heterocycles. The predicted molar refractivity (Wildman–Crippen MR) is 98.5 cm³/mol. The van der Waals surface area contributed by atoms with E-state index in [9.17, 15) is 4.79 Å². The molecule has 0 radical (unpaired) electrons. The molecule has 0 aromatic rings. The lowest BCUT2D eigenvalue weighted by atomic mass is 9.65. The van der Waals surface area contributed by atoms with Gasteiger partial charge < -0.3 is 4.74 Å². The predicted octanol–water partition coefficient (Wildman–Crippen LogP) is 6.67. The van der Waals surface area contributed by atoms with Crippen molar-refractivity contribution < 1.29 is 9.53 Å². The molecule has 0 amide bonds. The SMILES string of the molecule is CCCCCC(C)OC(=O)C1(C(C)CCCCC)CCCCC1. The molecule has 0 bridgehead atoms. The maximum absolute atomic E-state index is 13.0. The summed E-state index contributed by atoms with van der Waals surface area (Å²) in [4.78, 5) is 13.0. The Morgan fingerprint density at radius 3 is 2.04 bits per heavy atom. The fourth-order valence-corrected chi connectivity index (χ4v) is 4.10. The number of esters is 1. The lowest BCUT2D eigenvalue weighted by Gasteiger charge is -2.40.